The van der Waals surface area contributed by atoms with Crippen LogP contribution in [0.1, 0.15) is 51.3 Å². The number of carbonyl (C=O) groups is 5. The van der Waals surface area contributed by atoms with Gasteiger partial charge in [-0.2, -0.15) is 0 Å². The number of benzene rings is 3. The fourth-order valence-electron chi connectivity index (χ4n) is 6.64. The lowest BCUT2D eigenvalue weighted by Crippen LogP contribution is -2.65. The molecule has 2 aliphatic heterocycles. The summed E-state index contributed by atoms with van der Waals surface area (Å²) in [7, 11) is 2.30. The third kappa shape index (κ3) is 14.3. The fraction of sp³-hybridized carbons (Fsp3) is 0.465. The first-order valence-electron chi connectivity index (χ1n) is 19.4. The van der Waals surface area contributed by atoms with Crippen molar-refractivity contribution in [1.29, 1.82) is 0 Å². The Morgan fingerprint density at radius 3 is 1.35 bits per heavy atom. The molecule has 2 heterocycles. The zero-order valence-electron chi connectivity index (χ0n) is 34.0. The Kier molecular flexibility index (Phi) is 18.2. The normalized spacial score (nSPS) is 26.3. The van der Waals surface area contributed by atoms with E-state index in [0.29, 0.717) is 0 Å². The standard InChI is InChI=1S/C43H51NO14S2/c1-26(45)44-36-39(56-30(5)49)38(55-29(4)48)35(25-51-28(3)47)57-42(36)59-60-43-41(54-23-33-19-13-8-14-20-33)40(53-22-32-17-11-7-12-18-32)37(34(58-43)24-50-27(2)46)52-21-31-15-9-6-10-16-31/h6-20,34-43H,21-25H2,1-5H3,(H,44,45)/t34-,35-,36-,37-,38-,39-,40+,41-,42+,43-/m1/s1. The molecule has 3 aromatic carbocycles. The van der Waals surface area contributed by atoms with Crippen molar-refractivity contribution in [2.45, 2.75) is 114 Å². The summed E-state index contributed by atoms with van der Waals surface area (Å²) in [6.07, 6.45) is -6.93. The topological polar surface area (TPSA) is 180 Å². The maximum absolute atomic E-state index is 12.7. The van der Waals surface area contributed by atoms with Gasteiger partial charge in [-0.1, -0.05) is 113 Å². The smallest absolute Gasteiger partial charge is 0.303 e. The van der Waals surface area contributed by atoms with Gasteiger partial charge < -0.3 is 47.9 Å². The van der Waals surface area contributed by atoms with Crippen LogP contribution >= 0.6 is 21.6 Å². The maximum Gasteiger partial charge on any atom is 0.303 e. The van der Waals surface area contributed by atoms with Gasteiger partial charge >= 0.3 is 23.9 Å². The first-order valence-corrected chi connectivity index (χ1v) is 21.6. The molecular weight excluding hydrogens is 819 g/mol. The minimum Gasteiger partial charge on any atom is -0.463 e. The third-order valence-corrected chi connectivity index (χ3v) is 12.0. The second kappa shape index (κ2) is 23.5. The van der Waals surface area contributed by atoms with E-state index >= 15 is 0 Å². The van der Waals surface area contributed by atoms with Crippen molar-refractivity contribution in [1.82, 2.24) is 5.32 Å². The van der Waals surface area contributed by atoms with Crippen molar-refractivity contribution in [2.24, 2.45) is 0 Å². The molecule has 0 aromatic heterocycles. The second-order valence-corrected chi connectivity index (χ2v) is 16.5. The predicted octanol–water partition coefficient (Wildman–Crippen LogP) is 5.07. The Bertz CT molecular complexity index is 1840. The molecule has 0 unspecified atom stereocenters. The van der Waals surface area contributed by atoms with Crippen LogP contribution in [0.2, 0.25) is 0 Å². The molecule has 1 N–H and O–H groups in total. The minimum atomic E-state index is -1.26. The van der Waals surface area contributed by atoms with E-state index in [4.69, 9.17) is 42.6 Å². The fourth-order valence-corrected chi connectivity index (χ4v) is 9.54. The van der Waals surface area contributed by atoms with E-state index in [1.54, 1.807) is 0 Å². The van der Waals surface area contributed by atoms with Crippen LogP contribution in [0, 0.1) is 0 Å². The molecule has 0 spiro atoms. The number of amides is 1. The van der Waals surface area contributed by atoms with E-state index in [-0.39, 0.29) is 33.0 Å². The summed E-state index contributed by atoms with van der Waals surface area (Å²) in [6, 6.07) is 27.7. The summed E-state index contributed by atoms with van der Waals surface area (Å²) in [4.78, 5) is 61.6. The molecule has 5 rings (SSSR count). The molecule has 0 radical (unpaired) electrons. The number of ether oxygens (including phenoxy) is 9. The quantitative estimate of drug-likeness (QED) is 0.0958. The van der Waals surface area contributed by atoms with Crippen LogP contribution in [0.3, 0.4) is 0 Å². The average molecular weight is 870 g/mol. The van der Waals surface area contributed by atoms with E-state index in [0.717, 1.165) is 27.5 Å². The van der Waals surface area contributed by atoms with Gasteiger partial charge in [0.25, 0.3) is 0 Å². The molecule has 60 heavy (non-hydrogen) atoms. The molecule has 3 aromatic rings. The number of esters is 4. The molecule has 2 aliphatic rings. The Balaban J connectivity index is 1.52. The largest absolute Gasteiger partial charge is 0.463 e. The summed E-state index contributed by atoms with van der Waals surface area (Å²) >= 11 is 0. The highest BCUT2D eigenvalue weighted by atomic mass is 33.1. The summed E-state index contributed by atoms with van der Waals surface area (Å²) in [5.74, 6) is -3.05. The first kappa shape index (κ1) is 46.6. The minimum absolute atomic E-state index is 0.166. The molecule has 2 fully saturated rings. The lowest BCUT2D eigenvalue weighted by atomic mass is 9.97. The van der Waals surface area contributed by atoms with Gasteiger partial charge in [0.2, 0.25) is 5.91 Å². The van der Waals surface area contributed by atoms with Gasteiger partial charge in [-0.05, 0) is 16.7 Å². The Labute approximate surface area is 357 Å². The monoisotopic (exact) mass is 869 g/mol. The molecular formula is C43H51NO14S2. The Morgan fingerprint density at radius 2 is 0.900 bits per heavy atom. The second-order valence-electron chi connectivity index (χ2n) is 14.0. The lowest BCUT2D eigenvalue weighted by molar-refractivity contribution is -0.253. The summed E-state index contributed by atoms with van der Waals surface area (Å²) in [5, 5.41) is 2.80. The van der Waals surface area contributed by atoms with Crippen LogP contribution in [0.25, 0.3) is 0 Å². The summed E-state index contributed by atoms with van der Waals surface area (Å²) in [6.45, 7) is 6.16. The van der Waals surface area contributed by atoms with Gasteiger partial charge in [0.05, 0.1) is 19.8 Å². The van der Waals surface area contributed by atoms with E-state index in [9.17, 15) is 24.0 Å². The van der Waals surface area contributed by atoms with Crippen molar-refractivity contribution >= 4 is 51.4 Å². The lowest BCUT2D eigenvalue weighted by Gasteiger charge is -2.47. The van der Waals surface area contributed by atoms with Gasteiger partial charge in [0.1, 0.15) is 60.6 Å². The van der Waals surface area contributed by atoms with Gasteiger partial charge in [-0.15, -0.1) is 0 Å². The number of hydrogen-bond acceptors (Lipinski definition) is 16. The number of nitrogens with one attached hydrogen (secondary N) is 1. The van der Waals surface area contributed by atoms with Gasteiger partial charge in [0, 0.05) is 34.6 Å². The van der Waals surface area contributed by atoms with E-state index in [2.05, 4.69) is 5.32 Å². The van der Waals surface area contributed by atoms with E-state index in [1.165, 1.54) is 45.4 Å². The number of rotatable bonds is 19. The number of carbonyl (C=O) groups excluding carboxylic acids is 5. The molecule has 0 aliphatic carbocycles. The summed E-state index contributed by atoms with van der Waals surface area (Å²) in [5.41, 5.74) is 0.791. The Hall–Kier alpha value is -4.49. The van der Waals surface area contributed by atoms with Crippen molar-refractivity contribution < 1.29 is 66.6 Å². The van der Waals surface area contributed by atoms with Crippen LogP contribution in [0.5, 0.6) is 0 Å². The SMILES string of the molecule is CC(=O)N[C@@H]1[C@@H](OC(C)=O)[C@H](OC(C)=O)[C@@H](COC(C)=O)O[C@H]1SS[C@H]1O[C@H](COC(C)=O)[C@@H](OCc2ccccc2)[C@H](OCc2ccccc2)[C@H]1OCc1ccccc1. The molecule has 17 heteroatoms. The summed E-state index contributed by atoms with van der Waals surface area (Å²) < 4.78 is 55.4. The van der Waals surface area contributed by atoms with Gasteiger partial charge in [0.15, 0.2) is 12.2 Å². The maximum atomic E-state index is 12.7. The van der Waals surface area contributed by atoms with Crippen LogP contribution < -0.4 is 5.32 Å². The van der Waals surface area contributed by atoms with E-state index in [1.807, 2.05) is 91.0 Å². The first-order chi connectivity index (χ1) is 28.9. The van der Waals surface area contributed by atoms with Crippen molar-refractivity contribution in [3.63, 3.8) is 0 Å². The van der Waals surface area contributed by atoms with Crippen LogP contribution in [0.15, 0.2) is 91.0 Å². The molecule has 1 amide bonds. The zero-order chi connectivity index (χ0) is 43.0. The number of hydrogen-bond donors (Lipinski definition) is 1. The van der Waals surface area contributed by atoms with Crippen LogP contribution in [-0.2, 0) is 86.4 Å². The van der Waals surface area contributed by atoms with E-state index < -0.39 is 89.4 Å². The van der Waals surface area contributed by atoms with Crippen molar-refractivity contribution in [3.05, 3.63) is 108 Å². The van der Waals surface area contributed by atoms with Crippen molar-refractivity contribution in [3.8, 4) is 0 Å². The highest BCUT2D eigenvalue weighted by Crippen LogP contribution is 2.45. The van der Waals surface area contributed by atoms with Gasteiger partial charge in [-0.3, -0.25) is 24.0 Å². The predicted molar refractivity (Wildman–Crippen MR) is 220 cm³/mol. The average Bonchev–Trinajstić information content (AvgIpc) is 3.21. The molecule has 2 saturated heterocycles. The molecule has 0 bridgehead atoms. The zero-order valence-corrected chi connectivity index (χ0v) is 35.6. The highest BCUT2D eigenvalue weighted by molar-refractivity contribution is 8.77. The molecule has 324 valence electrons. The Morgan fingerprint density at radius 1 is 0.500 bits per heavy atom. The molecule has 15 nitrogen and oxygen atoms in total. The molecule has 0 saturated carbocycles. The highest BCUT2D eigenvalue weighted by Gasteiger charge is 2.53. The van der Waals surface area contributed by atoms with Crippen LogP contribution in [0.4, 0.5) is 0 Å². The van der Waals surface area contributed by atoms with Crippen molar-refractivity contribution in [2.75, 3.05) is 13.2 Å². The molecule has 10 atom stereocenters. The van der Waals surface area contributed by atoms with Crippen LogP contribution in [-0.4, -0.2) is 103 Å². The third-order valence-electron chi connectivity index (χ3n) is 9.21. The van der Waals surface area contributed by atoms with Gasteiger partial charge in [-0.25, -0.2) is 0 Å².